The third-order valence-corrected chi connectivity index (χ3v) is 8.99. The van der Waals surface area contributed by atoms with E-state index in [1.165, 1.54) is 0 Å². The second-order valence-electron chi connectivity index (χ2n) is 12.1. The van der Waals surface area contributed by atoms with Gasteiger partial charge in [-0.15, -0.1) is 0 Å². The molecule has 5 heterocycles. The van der Waals surface area contributed by atoms with E-state index in [0.717, 1.165) is 33.4 Å². The van der Waals surface area contributed by atoms with Gasteiger partial charge in [0.05, 0.1) is 11.4 Å². The van der Waals surface area contributed by atoms with Gasteiger partial charge < -0.3 is 30.4 Å². The van der Waals surface area contributed by atoms with Crippen molar-refractivity contribution in [2.24, 2.45) is 0 Å². The molecule has 13 nitrogen and oxygen atoms in total. The van der Waals surface area contributed by atoms with Crippen molar-refractivity contribution >= 4 is 68.2 Å². The first-order valence-corrected chi connectivity index (χ1v) is 15.6. The Bertz CT molecular complexity index is 1960. The van der Waals surface area contributed by atoms with Crippen LogP contribution in [-0.4, -0.2) is 69.2 Å². The van der Waals surface area contributed by atoms with Gasteiger partial charge in [-0.3, -0.25) is 19.2 Å². The lowest BCUT2D eigenvalue weighted by Crippen LogP contribution is -1.99. The molecule has 2 aliphatic rings. The molecule has 3 aromatic rings. The van der Waals surface area contributed by atoms with E-state index in [2.05, 4.69) is 9.97 Å². The number of carboxylic acids is 4. The van der Waals surface area contributed by atoms with Crippen molar-refractivity contribution in [3.8, 4) is 0 Å². The zero-order valence-electron chi connectivity index (χ0n) is 27.2. The Labute approximate surface area is 275 Å². The molecule has 250 valence electrons. The highest BCUT2D eigenvalue weighted by molar-refractivity contribution is 5.94. The van der Waals surface area contributed by atoms with Crippen molar-refractivity contribution in [3.05, 3.63) is 63.5 Å². The lowest BCUT2D eigenvalue weighted by molar-refractivity contribution is -0.138. The maximum absolute atomic E-state index is 11.6. The molecule has 48 heavy (non-hydrogen) atoms. The molecule has 2 aliphatic heterocycles. The summed E-state index contributed by atoms with van der Waals surface area (Å²) in [5.74, 6) is -3.24. The van der Waals surface area contributed by atoms with Gasteiger partial charge in [0.15, 0.2) is 11.6 Å². The topological polar surface area (TPSA) is 219 Å². The fourth-order valence-corrected chi connectivity index (χ4v) is 6.22. The summed E-state index contributed by atoms with van der Waals surface area (Å²) in [4.78, 5) is 67.6. The van der Waals surface area contributed by atoms with Gasteiger partial charge >= 0.3 is 23.9 Å². The molecule has 0 aromatic carbocycles. The molecule has 0 fully saturated rings. The smallest absolute Gasteiger partial charge is 0.303 e. The van der Waals surface area contributed by atoms with Gasteiger partial charge in [-0.1, -0.05) is 0 Å². The van der Waals surface area contributed by atoms with Gasteiger partial charge in [0.25, 0.3) is 0 Å². The van der Waals surface area contributed by atoms with E-state index in [1.54, 1.807) is 0 Å². The van der Waals surface area contributed by atoms with Crippen LogP contribution in [0.15, 0.2) is 18.2 Å². The molecule has 3 aromatic heterocycles. The number of fused-ring (bicyclic) bond motifs is 8. The maximum Gasteiger partial charge on any atom is 0.303 e. The third kappa shape index (κ3) is 7.04. The van der Waals surface area contributed by atoms with Crippen LogP contribution in [0.2, 0.25) is 0 Å². The van der Waals surface area contributed by atoms with Gasteiger partial charge in [0.1, 0.15) is 0 Å². The fourth-order valence-electron chi connectivity index (χ4n) is 6.22. The van der Waals surface area contributed by atoms with Crippen molar-refractivity contribution in [1.82, 2.24) is 24.9 Å². The number of aryl methyl sites for hydroxylation is 4. The highest BCUT2D eigenvalue weighted by Gasteiger charge is 2.24. The SMILES string of the molecule is CC1=C(CCC(=O)O)c2nc1cc1[nH]c(cc3[nH]c(cc4nc(n2)C(CCC(=O)O)=C4C)c(C)c3CCC(=O)O)c(CCC(=O)O)c1C. The average Bonchev–Trinajstić information content (AvgIpc) is 3.66. The molecule has 6 N–H and O–H groups in total. The molecule has 5 rings (SSSR count). The number of aliphatic carboxylic acids is 4. The molecule has 0 amide bonds. The maximum atomic E-state index is 11.6. The lowest BCUT2D eigenvalue weighted by Gasteiger charge is -2.04. The minimum Gasteiger partial charge on any atom is -0.481 e. The zero-order valence-corrected chi connectivity index (χ0v) is 27.2. The number of allylic oxidation sites excluding steroid dienone is 4. The summed E-state index contributed by atoms with van der Waals surface area (Å²) in [7, 11) is 0. The predicted octanol–water partition coefficient (Wildman–Crippen LogP) is 5.95. The van der Waals surface area contributed by atoms with Crippen LogP contribution >= 0.6 is 0 Å². The summed E-state index contributed by atoms with van der Waals surface area (Å²) in [6, 6.07) is 5.52. The van der Waals surface area contributed by atoms with Crippen LogP contribution in [0.1, 0.15) is 97.7 Å². The zero-order chi connectivity index (χ0) is 34.9. The summed E-state index contributed by atoms with van der Waals surface area (Å²) in [5, 5.41) is 37.9. The van der Waals surface area contributed by atoms with Gasteiger partial charge in [0.2, 0.25) is 0 Å². The number of carboxylic acid groups (broad SMARTS) is 4. The standard InChI is InChI=1S/C35H37N5O8/c1-16-20(5-9-30(41)42)28-15-29-21(6-10-31(43)44)17(2)25(37-29)14-27-19(4)23(8-12-33(47)48)35(39-27)40-34-22(7-11-32(45)46)18(3)26(38-34)13-24(16)36-28/h13-15,36-37H,5-12H2,1-4H3,(H,41,42)(H,43,44)(H,45,46)(H,47,48). The van der Waals surface area contributed by atoms with Crippen molar-refractivity contribution in [2.45, 2.75) is 79.1 Å². The third-order valence-electron chi connectivity index (χ3n) is 8.99. The average molecular weight is 656 g/mol. The van der Waals surface area contributed by atoms with Crippen molar-refractivity contribution in [2.75, 3.05) is 0 Å². The van der Waals surface area contributed by atoms with E-state index in [1.807, 2.05) is 45.9 Å². The minimum atomic E-state index is -0.974. The molecule has 0 unspecified atom stereocenters. The normalized spacial score (nSPS) is 12.9. The molecule has 0 spiro atoms. The number of hydrogen-bond donors (Lipinski definition) is 6. The number of carbonyl (C=O) groups is 4. The Balaban J connectivity index is 1.91. The Morgan fingerprint density at radius 3 is 1.23 bits per heavy atom. The molecule has 13 heteroatoms. The largest absolute Gasteiger partial charge is 0.481 e. The fraction of sp³-hybridized carbons (Fsp3) is 0.343. The van der Waals surface area contributed by atoms with Crippen LogP contribution in [0.25, 0.3) is 44.4 Å². The summed E-state index contributed by atoms with van der Waals surface area (Å²) in [6.45, 7) is 7.45. The highest BCUT2D eigenvalue weighted by Crippen LogP contribution is 2.36. The summed E-state index contributed by atoms with van der Waals surface area (Å²) >= 11 is 0. The van der Waals surface area contributed by atoms with E-state index >= 15 is 0 Å². The van der Waals surface area contributed by atoms with Gasteiger partial charge in [-0.2, -0.15) is 0 Å². The quantitative estimate of drug-likeness (QED) is 0.134. The van der Waals surface area contributed by atoms with Crippen LogP contribution < -0.4 is 0 Å². The predicted molar refractivity (Wildman–Crippen MR) is 179 cm³/mol. The molecule has 0 atom stereocenters. The van der Waals surface area contributed by atoms with E-state index in [-0.39, 0.29) is 51.4 Å². The first kappa shape index (κ1) is 33.8. The Kier molecular flexibility index (Phi) is 9.59. The minimum absolute atomic E-state index is 0.0993. The first-order valence-electron chi connectivity index (χ1n) is 15.6. The van der Waals surface area contributed by atoms with E-state index in [4.69, 9.17) is 15.0 Å². The second-order valence-corrected chi connectivity index (χ2v) is 12.1. The van der Waals surface area contributed by atoms with Crippen LogP contribution in [0.4, 0.5) is 0 Å². The number of aromatic amines is 2. The van der Waals surface area contributed by atoms with Crippen molar-refractivity contribution in [3.63, 3.8) is 0 Å². The molecular weight excluding hydrogens is 618 g/mol. The molecule has 0 radical (unpaired) electrons. The summed E-state index contributed by atoms with van der Waals surface area (Å²) in [6.07, 6.45) is 0.333. The van der Waals surface area contributed by atoms with Crippen molar-refractivity contribution in [1.29, 1.82) is 0 Å². The van der Waals surface area contributed by atoms with E-state index in [9.17, 15) is 39.6 Å². The summed E-state index contributed by atoms with van der Waals surface area (Å²) in [5.41, 5.74) is 9.72. The van der Waals surface area contributed by atoms with Gasteiger partial charge in [-0.05, 0) is 105 Å². The Morgan fingerprint density at radius 1 is 0.521 bits per heavy atom. The number of nitrogens with one attached hydrogen (secondary N) is 2. The van der Waals surface area contributed by atoms with Gasteiger partial charge in [0, 0.05) is 58.9 Å². The number of H-pyrrole nitrogens is 2. The Hall–Kier alpha value is -5.59. The van der Waals surface area contributed by atoms with E-state index < -0.39 is 23.9 Å². The molecule has 8 bridgehead atoms. The van der Waals surface area contributed by atoms with Crippen LogP contribution in [0.3, 0.4) is 0 Å². The summed E-state index contributed by atoms with van der Waals surface area (Å²) < 4.78 is 0. The highest BCUT2D eigenvalue weighted by atomic mass is 16.4. The number of hydrogen-bond acceptors (Lipinski definition) is 7. The van der Waals surface area contributed by atoms with Crippen LogP contribution in [-0.2, 0) is 32.0 Å². The number of aromatic nitrogens is 5. The first-order chi connectivity index (χ1) is 22.7. The number of rotatable bonds is 12. The van der Waals surface area contributed by atoms with E-state index in [0.29, 0.717) is 56.2 Å². The molecule has 0 saturated heterocycles. The van der Waals surface area contributed by atoms with Crippen molar-refractivity contribution < 1.29 is 39.6 Å². The molecular formula is C35H37N5O8. The molecule has 0 saturated carbocycles. The van der Waals surface area contributed by atoms with Crippen LogP contribution in [0, 0.1) is 13.8 Å². The van der Waals surface area contributed by atoms with Crippen LogP contribution in [0.5, 0.6) is 0 Å². The number of nitrogens with zero attached hydrogens (tertiary/aromatic N) is 3. The molecule has 0 aliphatic carbocycles. The monoisotopic (exact) mass is 655 g/mol. The Morgan fingerprint density at radius 2 is 0.875 bits per heavy atom. The lowest BCUT2D eigenvalue weighted by atomic mass is 10.0. The second kappa shape index (κ2) is 13.6. The van der Waals surface area contributed by atoms with Gasteiger partial charge in [-0.25, -0.2) is 15.0 Å².